The van der Waals surface area contributed by atoms with Crippen LogP contribution >= 0.6 is 11.6 Å². The fourth-order valence-corrected chi connectivity index (χ4v) is 5.92. The fourth-order valence-electron chi connectivity index (χ4n) is 5.07. The van der Waals surface area contributed by atoms with Crippen molar-refractivity contribution in [2.24, 2.45) is 0 Å². The number of anilines is 2. The Bertz CT molecular complexity index is 1540. The Morgan fingerprint density at radius 1 is 1.25 bits per heavy atom. The summed E-state index contributed by atoms with van der Waals surface area (Å²) in [4.78, 5) is 39.5. The van der Waals surface area contributed by atoms with Gasteiger partial charge in [-0.15, -0.1) is 8.78 Å². The number of imidazole rings is 1. The highest BCUT2D eigenvalue weighted by atomic mass is 35.5. The van der Waals surface area contributed by atoms with E-state index in [1.807, 2.05) is 4.90 Å². The van der Waals surface area contributed by atoms with E-state index in [2.05, 4.69) is 34.7 Å². The van der Waals surface area contributed by atoms with Gasteiger partial charge in [0.25, 0.3) is 11.8 Å². The van der Waals surface area contributed by atoms with Gasteiger partial charge in [-0.2, -0.15) is 0 Å². The summed E-state index contributed by atoms with van der Waals surface area (Å²) in [6.45, 7) is 8.65. The third-order valence-corrected chi connectivity index (χ3v) is 9.15. The maximum atomic E-state index is 13.3. The van der Waals surface area contributed by atoms with Gasteiger partial charge in [0.15, 0.2) is 0 Å². The van der Waals surface area contributed by atoms with E-state index in [9.17, 15) is 23.5 Å². The Kier molecular flexibility index (Phi) is 8.98. The summed E-state index contributed by atoms with van der Waals surface area (Å²) in [5, 5.41) is 13.0. The van der Waals surface area contributed by atoms with Crippen molar-refractivity contribution in [1.82, 2.24) is 19.4 Å². The van der Waals surface area contributed by atoms with Crippen LogP contribution in [0.5, 0.6) is 5.75 Å². The number of amides is 2. The van der Waals surface area contributed by atoms with Crippen LogP contribution in [0.4, 0.5) is 20.3 Å². The molecule has 0 spiro atoms. The van der Waals surface area contributed by atoms with Crippen molar-refractivity contribution in [3.63, 3.8) is 0 Å². The predicted octanol–water partition coefficient (Wildman–Crippen LogP) is 4.83. The van der Waals surface area contributed by atoms with E-state index in [0.717, 1.165) is 6.04 Å². The molecule has 2 aliphatic heterocycles. The number of carbonyl (C=O) groups is 2. The van der Waals surface area contributed by atoms with Gasteiger partial charge in [0.2, 0.25) is 0 Å². The normalized spacial score (nSPS) is 16.9. The largest absolute Gasteiger partial charge is 0.487 e. The molecule has 0 aliphatic carbocycles. The van der Waals surface area contributed by atoms with Crippen molar-refractivity contribution in [2.75, 3.05) is 37.0 Å². The summed E-state index contributed by atoms with van der Waals surface area (Å²) in [6, 6.07) is 7.92. The number of halogens is 3. The lowest BCUT2D eigenvalue weighted by molar-refractivity contribution is -0.0964. The van der Waals surface area contributed by atoms with Gasteiger partial charge in [-0.3, -0.25) is 14.2 Å². The van der Waals surface area contributed by atoms with Gasteiger partial charge in [-0.1, -0.05) is 19.6 Å². The topological polar surface area (TPSA) is 122 Å². The molecular weight excluding hydrogens is 614 g/mol. The number of aliphatic hydroxyl groups is 1. The van der Waals surface area contributed by atoms with Crippen LogP contribution in [0.2, 0.25) is 25.7 Å². The minimum absolute atomic E-state index is 0.0932. The molecule has 0 unspecified atom stereocenters. The van der Waals surface area contributed by atoms with Crippen molar-refractivity contribution in [3.8, 4) is 17.1 Å². The zero-order chi connectivity index (χ0) is 31.8. The van der Waals surface area contributed by atoms with Crippen molar-refractivity contribution in [2.45, 2.75) is 57.1 Å². The van der Waals surface area contributed by atoms with E-state index in [-0.39, 0.29) is 24.0 Å². The third-order valence-electron chi connectivity index (χ3n) is 7.37. The molecule has 5 rings (SSSR count). The minimum atomic E-state index is -3.86. The zero-order valence-electron chi connectivity index (χ0n) is 24.9. The first-order valence-corrected chi connectivity index (χ1v) is 18.3. The van der Waals surface area contributed by atoms with Gasteiger partial charge in [-0.25, -0.2) is 9.97 Å². The maximum absolute atomic E-state index is 13.3. The highest BCUT2D eigenvalue weighted by molar-refractivity contribution is 6.76. The number of hydrogen-bond acceptors (Lipinski definition) is 8. The molecule has 0 saturated carbocycles. The van der Waals surface area contributed by atoms with E-state index in [0.29, 0.717) is 66.9 Å². The van der Waals surface area contributed by atoms with Crippen LogP contribution in [-0.4, -0.2) is 82.8 Å². The van der Waals surface area contributed by atoms with Crippen LogP contribution in [-0.2, 0) is 18.0 Å². The number of pyridine rings is 1. The van der Waals surface area contributed by atoms with Crippen LogP contribution in [0, 0.1) is 0 Å². The van der Waals surface area contributed by atoms with E-state index < -0.39 is 25.7 Å². The molecule has 3 aromatic rings. The Morgan fingerprint density at radius 3 is 2.61 bits per heavy atom. The molecule has 0 radical (unpaired) electrons. The monoisotopic (exact) mass is 648 g/mol. The lowest BCUT2D eigenvalue weighted by Crippen LogP contribution is -2.25. The summed E-state index contributed by atoms with van der Waals surface area (Å²) in [5.74, 6) is 0.111. The van der Waals surface area contributed by atoms with E-state index in [4.69, 9.17) is 21.3 Å². The van der Waals surface area contributed by atoms with Crippen LogP contribution in [0.1, 0.15) is 33.0 Å². The van der Waals surface area contributed by atoms with Crippen molar-refractivity contribution < 1.29 is 33.0 Å². The summed E-state index contributed by atoms with van der Waals surface area (Å²) >= 11 is 4.82. The average molecular weight is 649 g/mol. The number of benzene rings is 1. The fraction of sp³-hybridized carbons (Fsp3) is 0.448. The van der Waals surface area contributed by atoms with E-state index in [1.54, 1.807) is 22.6 Å². The van der Waals surface area contributed by atoms with Crippen LogP contribution in [0.15, 0.2) is 36.5 Å². The van der Waals surface area contributed by atoms with Crippen LogP contribution in [0.3, 0.4) is 0 Å². The number of carbonyl (C=O) groups excluding carboxylic acids is 2. The number of fused-ring (bicyclic) bond motifs is 1. The molecule has 4 heterocycles. The van der Waals surface area contributed by atoms with Crippen LogP contribution in [0.25, 0.3) is 11.4 Å². The van der Waals surface area contributed by atoms with Gasteiger partial charge >= 0.3 is 5.57 Å². The number of aromatic nitrogens is 3. The molecule has 2 aliphatic rings. The first kappa shape index (κ1) is 31.8. The molecule has 2 amide bonds. The summed E-state index contributed by atoms with van der Waals surface area (Å²) in [6.07, 6.45) is 1.46. The standard InChI is InChI=1S/C29H35ClF2N6O5Si/c1-36-16-23-24(28(36)41)38(17-42-11-12-44(2,3)4)26(35-23)22-13-18(14-33-25(22)37-10-9-20(39)15-37)27(40)34-19-5-7-21(8-6-19)43-29(30,31)32/h5-8,13-14,20,39H,9-12,15-17H2,1-4H3,(H,34,40)/t20-/m1/s1. The molecule has 11 nitrogen and oxygen atoms in total. The second kappa shape index (κ2) is 12.4. The highest BCUT2D eigenvalue weighted by Crippen LogP contribution is 2.35. The first-order valence-electron chi connectivity index (χ1n) is 14.2. The molecular formula is C29H35ClF2N6O5Si. The molecule has 44 heavy (non-hydrogen) atoms. The second-order valence-corrected chi connectivity index (χ2v) is 18.2. The van der Waals surface area contributed by atoms with Gasteiger partial charge < -0.3 is 29.7 Å². The number of aliphatic hydroxyl groups excluding tert-OH is 1. The number of ether oxygens (including phenoxy) is 2. The Balaban J connectivity index is 1.49. The Hall–Kier alpha value is -3.59. The van der Waals surface area contributed by atoms with Gasteiger partial charge in [0.05, 0.1) is 29.5 Å². The number of nitrogens with zero attached hydrogens (tertiary/aromatic N) is 5. The molecule has 1 fully saturated rings. The number of β-amino-alcohol motifs (C(OH)–C–C–N with tert-alkyl or cyclic N) is 1. The zero-order valence-corrected chi connectivity index (χ0v) is 26.7. The maximum Gasteiger partial charge on any atom is 0.487 e. The smallest absolute Gasteiger partial charge is 0.420 e. The SMILES string of the molecule is CN1Cc2nc(-c3cc(C(=O)Nc4ccc(OC(F)(F)Cl)cc4)cnc3N3CC[C@@H](O)C3)n(COCC[Si](C)(C)C)c2C1=O. The average Bonchev–Trinajstić information content (AvgIpc) is 3.60. The van der Waals surface area contributed by atoms with Gasteiger partial charge in [0.1, 0.15) is 29.8 Å². The molecule has 1 aromatic carbocycles. The summed E-state index contributed by atoms with van der Waals surface area (Å²) in [7, 11) is 0.354. The Morgan fingerprint density at radius 2 is 1.98 bits per heavy atom. The first-order chi connectivity index (χ1) is 20.7. The highest BCUT2D eigenvalue weighted by Gasteiger charge is 2.35. The predicted molar refractivity (Wildman–Crippen MR) is 164 cm³/mol. The quantitative estimate of drug-likeness (QED) is 0.172. The molecule has 1 atom stereocenters. The number of hydrogen-bond donors (Lipinski definition) is 2. The molecule has 2 aromatic heterocycles. The molecule has 1 saturated heterocycles. The van der Waals surface area contributed by atoms with E-state index >= 15 is 0 Å². The van der Waals surface area contributed by atoms with Gasteiger partial charge in [0, 0.05) is 58.3 Å². The molecule has 236 valence electrons. The van der Waals surface area contributed by atoms with E-state index in [1.165, 1.54) is 30.5 Å². The lowest BCUT2D eigenvalue weighted by atomic mass is 10.1. The summed E-state index contributed by atoms with van der Waals surface area (Å²) < 4.78 is 38.0. The number of alkyl halides is 3. The Labute approximate surface area is 259 Å². The number of nitrogens with one attached hydrogen (secondary N) is 1. The van der Waals surface area contributed by atoms with Crippen molar-refractivity contribution in [1.29, 1.82) is 0 Å². The summed E-state index contributed by atoms with van der Waals surface area (Å²) in [5.41, 5.74) is -1.77. The molecule has 15 heteroatoms. The third kappa shape index (κ3) is 7.37. The lowest BCUT2D eigenvalue weighted by Gasteiger charge is -2.22. The molecule has 0 bridgehead atoms. The van der Waals surface area contributed by atoms with Crippen molar-refractivity contribution in [3.05, 3.63) is 53.5 Å². The van der Waals surface area contributed by atoms with Crippen molar-refractivity contribution >= 4 is 43.0 Å². The molecule has 2 N–H and O–H groups in total. The van der Waals surface area contributed by atoms with Crippen LogP contribution < -0.4 is 15.0 Å². The van der Waals surface area contributed by atoms with Gasteiger partial charge in [-0.05, 0) is 42.8 Å². The number of rotatable bonds is 11. The second-order valence-electron chi connectivity index (χ2n) is 12.2. The minimum Gasteiger partial charge on any atom is -0.420 e.